The zero-order valence-corrected chi connectivity index (χ0v) is 9.81. The van der Waals surface area contributed by atoms with Crippen molar-refractivity contribution < 1.29 is 9.50 Å². The van der Waals surface area contributed by atoms with Crippen molar-refractivity contribution in [2.45, 2.75) is 12.5 Å². The smallest absolute Gasteiger partial charge is 0.123 e. The maximum Gasteiger partial charge on any atom is 0.123 e. The molecule has 0 amide bonds. The highest BCUT2D eigenvalue weighted by atomic mass is 79.9. The van der Waals surface area contributed by atoms with Crippen LogP contribution in [0.25, 0.3) is 0 Å². The van der Waals surface area contributed by atoms with E-state index in [1.54, 1.807) is 6.07 Å². The van der Waals surface area contributed by atoms with Gasteiger partial charge in [0, 0.05) is 17.1 Å². The number of benzene rings is 1. The van der Waals surface area contributed by atoms with Gasteiger partial charge in [0.25, 0.3) is 0 Å². The minimum Gasteiger partial charge on any atom is -0.396 e. The monoisotopic (exact) mass is 283 g/mol. The van der Waals surface area contributed by atoms with Gasteiger partial charge in [0.15, 0.2) is 0 Å². The average Bonchev–Trinajstić information content (AvgIpc) is 2.09. The van der Waals surface area contributed by atoms with Gasteiger partial charge in [-0.2, -0.15) is 0 Å². The van der Waals surface area contributed by atoms with E-state index >= 15 is 0 Å². The molecule has 14 heavy (non-hydrogen) atoms. The molecule has 3 N–H and O–H groups in total. The van der Waals surface area contributed by atoms with Gasteiger partial charge in [0.1, 0.15) is 5.82 Å². The molecule has 0 saturated heterocycles. The molecule has 0 aromatic heterocycles. The van der Waals surface area contributed by atoms with Gasteiger partial charge >= 0.3 is 0 Å². The van der Waals surface area contributed by atoms with Gasteiger partial charge < -0.3 is 10.8 Å². The van der Waals surface area contributed by atoms with Crippen molar-refractivity contribution in [3.8, 4) is 0 Å². The Bertz CT molecular complexity index is 298. The Labute approximate surface area is 96.8 Å². The molecule has 5 heteroatoms. The lowest BCUT2D eigenvalue weighted by Gasteiger charge is -2.12. The maximum atomic E-state index is 12.8. The van der Waals surface area contributed by atoms with Crippen LogP contribution in [0.15, 0.2) is 22.7 Å². The average molecular weight is 285 g/mol. The highest BCUT2D eigenvalue weighted by Gasteiger charge is 2.09. The molecule has 1 atom stereocenters. The molecule has 1 rings (SSSR count). The molecule has 0 aliphatic rings. The van der Waals surface area contributed by atoms with E-state index in [1.165, 1.54) is 12.1 Å². The third kappa shape index (κ3) is 3.53. The van der Waals surface area contributed by atoms with Crippen molar-refractivity contribution in [1.82, 2.24) is 0 Å². The maximum absolute atomic E-state index is 12.8. The van der Waals surface area contributed by atoms with E-state index in [-0.39, 0.29) is 30.9 Å². The van der Waals surface area contributed by atoms with Crippen LogP contribution in [0, 0.1) is 5.82 Å². The third-order valence-electron chi connectivity index (χ3n) is 1.80. The fourth-order valence-corrected chi connectivity index (χ4v) is 1.63. The normalized spacial score (nSPS) is 12.0. The molecule has 0 bridgehead atoms. The minimum absolute atomic E-state index is 0. The van der Waals surface area contributed by atoms with E-state index in [4.69, 9.17) is 10.8 Å². The van der Waals surface area contributed by atoms with E-state index in [1.807, 2.05) is 0 Å². The predicted octanol–water partition coefficient (Wildman–Crippen LogP) is 2.39. The Morgan fingerprint density at radius 1 is 1.50 bits per heavy atom. The summed E-state index contributed by atoms with van der Waals surface area (Å²) < 4.78 is 13.6. The Hall–Kier alpha value is -0.160. The summed E-state index contributed by atoms with van der Waals surface area (Å²) in [4.78, 5) is 0. The zero-order valence-electron chi connectivity index (χ0n) is 7.41. The van der Waals surface area contributed by atoms with E-state index in [0.717, 1.165) is 4.47 Å². The summed E-state index contributed by atoms with van der Waals surface area (Å²) >= 11 is 3.27. The van der Waals surface area contributed by atoms with Crippen molar-refractivity contribution in [1.29, 1.82) is 0 Å². The Morgan fingerprint density at radius 2 is 2.14 bits per heavy atom. The second kappa shape index (κ2) is 6.35. The topological polar surface area (TPSA) is 46.2 Å². The minimum atomic E-state index is -0.324. The summed E-state index contributed by atoms with van der Waals surface area (Å²) in [5.41, 5.74) is 6.41. The van der Waals surface area contributed by atoms with Crippen molar-refractivity contribution in [2.24, 2.45) is 5.73 Å². The van der Waals surface area contributed by atoms with Crippen LogP contribution in [0.5, 0.6) is 0 Å². The zero-order chi connectivity index (χ0) is 9.84. The molecule has 80 valence electrons. The lowest BCUT2D eigenvalue weighted by molar-refractivity contribution is 0.276. The van der Waals surface area contributed by atoms with Gasteiger partial charge in [0.2, 0.25) is 0 Å². The number of aliphatic hydroxyl groups is 1. The van der Waals surface area contributed by atoms with Crippen LogP contribution in [-0.4, -0.2) is 11.7 Å². The fourth-order valence-electron chi connectivity index (χ4n) is 1.09. The van der Waals surface area contributed by atoms with Gasteiger partial charge in [-0.05, 0) is 30.2 Å². The predicted molar refractivity (Wildman–Crippen MR) is 60.0 cm³/mol. The van der Waals surface area contributed by atoms with E-state index in [9.17, 15) is 4.39 Å². The van der Waals surface area contributed by atoms with Gasteiger partial charge in [0.05, 0.1) is 0 Å². The van der Waals surface area contributed by atoms with Crippen molar-refractivity contribution in [3.05, 3.63) is 34.1 Å². The molecule has 0 aliphatic carbocycles. The standard InChI is InChI=1S/C9H11BrFNO.ClH/c10-8-2-1-6(11)5-7(8)9(12)3-4-13;/h1-2,5,9,13H,3-4,12H2;1H/t9-;/m1./s1. The van der Waals surface area contributed by atoms with Crippen LogP contribution in [0.2, 0.25) is 0 Å². The highest BCUT2D eigenvalue weighted by molar-refractivity contribution is 9.10. The first-order chi connectivity index (χ1) is 6.15. The second-order valence-electron chi connectivity index (χ2n) is 2.78. The van der Waals surface area contributed by atoms with E-state index < -0.39 is 0 Å². The summed E-state index contributed by atoms with van der Waals surface area (Å²) in [5, 5.41) is 8.67. The van der Waals surface area contributed by atoms with Gasteiger partial charge in [-0.15, -0.1) is 12.4 Å². The highest BCUT2D eigenvalue weighted by Crippen LogP contribution is 2.24. The summed E-state index contributed by atoms with van der Waals surface area (Å²) in [7, 11) is 0. The van der Waals surface area contributed by atoms with Crippen LogP contribution in [-0.2, 0) is 0 Å². The van der Waals surface area contributed by atoms with Crippen LogP contribution in [0.1, 0.15) is 18.0 Å². The SMILES string of the molecule is Cl.N[C@H](CCO)c1cc(F)ccc1Br. The van der Waals surface area contributed by atoms with Crippen LogP contribution < -0.4 is 5.73 Å². The molecule has 1 aromatic rings. The first kappa shape index (κ1) is 13.8. The first-order valence-electron chi connectivity index (χ1n) is 3.96. The van der Waals surface area contributed by atoms with E-state index in [0.29, 0.717) is 12.0 Å². The number of hydrogen-bond acceptors (Lipinski definition) is 2. The molecule has 0 fully saturated rings. The Kier molecular flexibility index (Phi) is 6.27. The van der Waals surface area contributed by atoms with Gasteiger partial charge in [-0.25, -0.2) is 4.39 Å². The number of halogens is 3. The lowest BCUT2D eigenvalue weighted by Crippen LogP contribution is -2.12. The summed E-state index contributed by atoms with van der Waals surface area (Å²) in [6.07, 6.45) is 0.433. The van der Waals surface area contributed by atoms with Gasteiger partial charge in [-0.3, -0.25) is 0 Å². The van der Waals surface area contributed by atoms with Crippen molar-refractivity contribution >= 4 is 28.3 Å². The van der Waals surface area contributed by atoms with Crippen molar-refractivity contribution in [3.63, 3.8) is 0 Å². The third-order valence-corrected chi connectivity index (χ3v) is 2.52. The molecular weight excluding hydrogens is 272 g/mol. The van der Waals surface area contributed by atoms with Crippen LogP contribution in [0.4, 0.5) is 4.39 Å². The van der Waals surface area contributed by atoms with E-state index in [2.05, 4.69) is 15.9 Å². The van der Waals surface area contributed by atoms with Gasteiger partial charge in [-0.1, -0.05) is 15.9 Å². The van der Waals surface area contributed by atoms with Crippen molar-refractivity contribution in [2.75, 3.05) is 6.61 Å². The molecule has 0 heterocycles. The molecule has 0 radical (unpaired) electrons. The summed E-state index contributed by atoms with van der Waals surface area (Å²) in [6.45, 7) is 0.00409. The largest absolute Gasteiger partial charge is 0.396 e. The molecule has 2 nitrogen and oxygen atoms in total. The van der Waals surface area contributed by atoms with Crippen LogP contribution in [0.3, 0.4) is 0 Å². The number of aliphatic hydroxyl groups excluding tert-OH is 1. The quantitative estimate of drug-likeness (QED) is 0.895. The summed E-state index contributed by atoms with van der Waals surface area (Å²) in [6, 6.07) is 4.03. The molecular formula is C9H12BrClFNO. The Morgan fingerprint density at radius 3 is 2.71 bits per heavy atom. The molecule has 1 aromatic carbocycles. The number of rotatable bonds is 3. The fraction of sp³-hybridized carbons (Fsp3) is 0.333. The number of hydrogen-bond donors (Lipinski definition) is 2. The second-order valence-corrected chi connectivity index (χ2v) is 3.64. The molecule has 0 saturated carbocycles. The molecule has 0 unspecified atom stereocenters. The summed E-state index contributed by atoms with van der Waals surface area (Å²) in [5.74, 6) is -0.313. The molecule has 0 aliphatic heterocycles. The first-order valence-corrected chi connectivity index (χ1v) is 4.76. The van der Waals surface area contributed by atoms with Crippen LogP contribution >= 0.6 is 28.3 Å². The lowest BCUT2D eigenvalue weighted by atomic mass is 10.1. The molecule has 0 spiro atoms. The number of nitrogens with two attached hydrogens (primary N) is 1. The Balaban J connectivity index is 0.00000169.